The highest BCUT2D eigenvalue weighted by molar-refractivity contribution is 7.98. The Hall–Kier alpha value is -1.85. The van der Waals surface area contributed by atoms with Gasteiger partial charge < -0.3 is 10.4 Å². The lowest BCUT2D eigenvalue weighted by Gasteiger charge is -2.07. The number of amides is 1. The van der Waals surface area contributed by atoms with Gasteiger partial charge in [-0.2, -0.15) is 11.8 Å². The van der Waals surface area contributed by atoms with E-state index in [1.807, 2.05) is 12.1 Å². The van der Waals surface area contributed by atoms with E-state index in [9.17, 15) is 4.79 Å². The molecule has 0 saturated heterocycles. The van der Waals surface area contributed by atoms with Crippen molar-refractivity contribution < 1.29 is 9.90 Å². The van der Waals surface area contributed by atoms with Crippen molar-refractivity contribution in [1.29, 1.82) is 0 Å². The summed E-state index contributed by atoms with van der Waals surface area (Å²) in [7, 11) is 0. The second-order valence-corrected chi connectivity index (χ2v) is 6.65. The molecule has 5 heteroatoms. The fraction of sp³-hybridized carbons (Fsp3) is 0.368. The van der Waals surface area contributed by atoms with Crippen molar-refractivity contribution in [3.8, 4) is 0 Å². The van der Waals surface area contributed by atoms with Crippen LogP contribution in [0.1, 0.15) is 30.0 Å². The van der Waals surface area contributed by atoms with E-state index in [4.69, 9.17) is 5.11 Å². The first kappa shape index (κ1) is 18.5. The van der Waals surface area contributed by atoms with Crippen LogP contribution in [0.4, 0.5) is 5.82 Å². The molecule has 4 nitrogen and oxygen atoms in total. The lowest BCUT2D eigenvalue weighted by atomic mass is 10.1. The normalized spacial score (nSPS) is 10.6. The van der Waals surface area contributed by atoms with Crippen molar-refractivity contribution in [3.63, 3.8) is 0 Å². The van der Waals surface area contributed by atoms with E-state index in [0.717, 1.165) is 24.2 Å². The summed E-state index contributed by atoms with van der Waals surface area (Å²) in [6.45, 7) is 2.31. The molecular formula is C19H24N2O2S. The summed E-state index contributed by atoms with van der Waals surface area (Å²) in [5, 5.41) is 11.7. The van der Waals surface area contributed by atoms with Crippen LogP contribution in [-0.2, 0) is 23.4 Å². The molecule has 0 aliphatic carbocycles. The highest BCUT2D eigenvalue weighted by atomic mass is 32.2. The van der Waals surface area contributed by atoms with Crippen LogP contribution in [0, 0.1) is 0 Å². The largest absolute Gasteiger partial charge is 0.396 e. The molecule has 24 heavy (non-hydrogen) atoms. The molecule has 2 N–H and O–H groups in total. The van der Waals surface area contributed by atoms with Crippen molar-refractivity contribution in [1.82, 2.24) is 4.98 Å². The number of hydrogen-bond acceptors (Lipinski definition) is 4. The molecule has 1 aromatic carbocycles. The van der Waals surface area contributed by atoms with Gasteiger partial charge >= 0.3 is 0 Å². The minimum absolute atomic E-state index is 0.0257. The van der Waals surface area contributed by atoms with E-state index in [1.54, 1.807) is 18.0 Å². The third kappa shape index (κ3) is 6.34. The summed E-state index contributed by atoms with van der Waals surface area (Å²) in [6, 6.07) is 12.2. The summed E-state index contributed by atoms with van der Waals surface area (Å²) < 4.78 is 0. The third-order valence-corrected chi connectivity index (χ3v) is 4.68. The van der Waals surface area contributed by atoms with E-state index >= 15 is 0 Å². The van der Waals surface area contributed by atoms with Gasteiger partial charge in [0.15, 0.2) is 0 Å². The van der Waals surface area contributed by atoms with Gasteiger partial charge in [-0.15, -0.1) is 0 Å². The van der Waals surface area contributed by atoms with Crippen LogP contribution in [0.25, 0.3) is 0 Å². The monoisotopic (exact) mass is 344 g/mol. The fourth-order valence-electron chi connectivity index (χ4n) is 2.29. The van der Waals surface area contributed by atoms with E-state index in [2.05, 4.69) is 41.5 Å². The van der Waals surface area contributed by atoms with E-state index in [0.29, 0.717) is 18.0 Å². The Morgan fingerprint density at radius 1 is 1.17 bits per heavy atom. The Kier molecular flexibility index (Phi) is 7.79. The van der Waals surface area contributed by atoms with Gasteiger partial charge in [-0.05, 0) is 41.7 Å². The topological polar surface area (TPSA) is 62.2 Å². The number of carbonyl (C=O) groups excluding carboxylic acids is 1. The van der Waals surface area contributed by atoms with Crippen molar-refractivity contribution in [2.24, 2.45) is 0 Å². The fourth-order valence-corrected chi connectivity index (χ4v) is 2.98. The quantitative estimate of drug-likeness (QED) is 0.684. The molecule has 2 aromatic rings. The number of nitrogens with zero attached hydrogens (tertiary/aromatic N) is 1. The number of hydrogen-bond donors (Lipinski definition) is 2. The molecule has 0 unspecified atom stereocenters. The van der Waals surface area contributed by atoms with Crippen molar-refractivity contribution >= 4 is 23.5 Å². The Balaban J connectivity index is 1.81. The van der Waals surface area contributed by atoms with Crippen molar-refractivity contribution in [2.75, 3.05) is 17.7 Å². The molecule has 0 fully saturated rings. The van der Waals surface area contributed by atoms with Gasteiger partial charge in [-0.25, -0.2) is 4.98 Å². The predicted octanol–water partition coefficient (Wildman–Crippen LogP) is 3.44. The average molecular weight is 344 g/mol. The van der Waals surface area contributed by atoms with Crippen LogP contribution >= 0.6 is 11.8 Å². The number of anilines is 1. The first-order chi connectivity index (χ1) is 11.7. The van der Waals surface area contributed by atoms with Crippen LogP contribution in [0.5, 0.6) is 0 Å². The molecular weight excluding hydrogens is 320 g/mol. The zero-order chi connectivity index (χ0) is 17.2. The molecule has 0 aliphatic heterocycles. The molecule has 2 rings (SSSR count). The van der Waals surface area contributed by atoms with Gasteiger partial charge in [0.25, 0.3) is 0 Å². The minimum Gasteiger partial charge on any atom is -0.396 e. The van der Waals surface area contributed by atoms with E-state index in [-0.39, 0.29) is 12.5 Å². The number of carbonyl (C=O) groups is 1. The first-order valence-corrected chi connectivity index (χ1v) is 9.38. The second kappa shape index (κ2) is 10.1. The van der Waals surface area contributed by atoms with Crippen LogP contribution in [0.3, 0.4) is 0 Å². The molecule has 0 spiro atoms. The highest BCUT2D eigenvalue weighted by Gasteiger charge is 2.05. The lowest BCUT2D eigenvalue weighted by molar-refractivity contribution is -0.116. The number of aliphatic hydroxyl groups excluding tert-OH is 1. The third-order valence-electron chi connectivity index (χ3n) is 3.67. The Morgan fingerprint density at radius 3 is 2.62 bits per heavy atom. The number of aryl methyl sites for hydroxylation is 2. The van der Waals surface area contributed by atoms with E-state index < -0.39 is 0 Å². The second-order valence-electron chi connectivity index (χ2n) is 5.54. The smallest absolute Gasteiger partial charge is 0.225 e. The predicted molar refractivity (Wildman–Crippen MR) is 100 cm³/mol. The SMILES string of the molecule is CCc1ccc(CCC(=O)Nc2cc(CSCCO)ccn2)cc1. The lowest BCUT2D eigenvalue weighted by Crippen LogP contribution is -2.13. The van der Waals surface area contributed by atoms with Crippen molar-refractivity contribution in [3.05, 3.63) is 59.3 Å². The molecule has 1 amide bonds. The zero-order valence-corrected chi connectivity index (χ0v) is 14.8. The van der Waals surface area contributed by atoms with Gasteiger partial charge in [0, 0.05) is 24.1 Å². The van der Waals surface area contributed by atoms with Gasteiger partial charge in [-0.1, -0.05) is 31.2 Å². The average Bonchev–Trinajstić information content (AvgIpc) is 2.61. The molecule has 0 atom stereocenters. The van der Waals surface area contributed by atoms with Crippen LogP contribution in [0.2, 0.25) is 0 Å². The van der Waals surface area contributed by atoms with Gasteiger partial charge in [-0.3, -0.25) is 4.79 Å². The molecule has 0 saturated carbocycles. The molecule has 0 bridgehead atoms. The number of thioether (sulfide) groups is 1. The number of aliphatic hydroxyl groups is 1. The standard InChI is InChI=1S/C19H24N2O2S/c1-2-15-3-5-16(6-4-15)7-8-19(23)21-18-13-17(9-10-20-18)14-24-12-11-22/h3-6,9-10,13,22H,2,7-8,11-12,14H2,1H3,(H,20,21,23). The van der Waals surface area contributed by atoms with Crippen LogP contribution in [0.15, 0.2) is 42.6 Å². The van der Waals surface area contributed by atoms with Gasteiger partial charge in [0.1, 0.15) is 5.82 Å². The minimum atomic E-state index is -0.0257. The van der Waals surface area contributed by atoms with Crippen LogP contribution < -0.4 is 5.32 Å². The summed E-state index contributed by atoms with van der Waals surface area (Å²) in [5.41, 5.74) is 3.57. The molecule has 1 heterocycles. The summed E-state index contributed by atoms with van der Waals surface area (Å²) in [4.78, 5) is 16.3. The Bertz CT molecular complexity index is 644. The maximum atomic E-state index is 12.1. The number of aromatic nitrogens is 1. The Morgan fingerprint density at radius 2 is 1.92 bits per heavy atom. The highest BCUT2D eigenvalue weighted by Crippen LogP contribution is 2.15. The molecule has 1 aromatic heterocycles. The maximum Gasteiger partial charge on any atom is 0.225 e. The number of pyridine rings is 1. The molecule has 128 valence electrons. The summed E-state index contributed by atoms with van der Waals surface area (Å²) in [5.74, 6) is 2.07. The van der Waals surface area contributed by atoms with E-state index in [1.165, 1.54) is 11.1 Å². The molecule has 0 radical (unpaired) electrons. The number of nitrogens with one attached hydrogen (secondary N) is 1. The summed E-state index contributed by atoms with van der Waals surface area (Å²) in [6.07, 6.45) is 3.89. The molecule has 0 aliphatic rings. The van der Waals surface area contributed by atoms with Gasteiger partial charge in [0.05, 0.1) is 6.61 Å². The first-order valence-electron chi connectivity index (χ1n) is 8.22. The number of benzene rings is 1. The number of rotatable bonds is 9. The Labute approximate surface area is 147 Å². The van der Waals surface area contributed by atoms with Crippen molar-refractivity contribution in [2.45, 2.75) is 31.9 Å². The summed E-state index contributed by atoms with van der Waals surface area (Å²) >= 11 is 1.65. The maximum absolute atomic E-state index is 12.1. The van der Waals surface area contributed by atoms with Gasteiger partial charge in [0.2, 0.25) is 5.91 Å². The van der Waals surface area contributed by atoms with Crippen LogP contribution in [-0.4, -0.2) is 28.4 Å². The zero-order valence-electron chi connectivity index (χ0n) is 14.0.